The number of nitrogens with one attached hydrogen (secondary N) is 1. The molecule has 1 N–H and O–H groups in total. The van der Waals surface area contributed by atoms with Gasteiger partial charge in [0.05, 0.1) is 11.8 Å². The van der Waals surface area contributed by atoms with Gasteiger partial charge in [-0.05, 0) is 31.5 Å². The maximum Gasteiger partial charge on any atom is 0.243 e. The van der Waals surface area contributed by atoms with Crippen LogP contribution in [0, 0.1) is 5.82 Å². The van der Waals surface area contributed by atoms with Crippen molar-refractivity contribution in [1.82, 2.24) is 15.5 Å². The molecule has 2 heterocycles. The van der Waals surface area contributed by atoms with Gasteiger partial charge in [0, 0.05) is 4.90 Å². The minimum absolute atomic E-state index is 0.170. The zero-order valence-electron chi connectivity index (χ0n) is 11.0. The van der Waals surface area contributed by atoms with Gasteiger partial charge in [0.15, 0.2) is 5.82 Å². The number of nitrogens with zero attached hydrogens (tertiary/aromatic N) is 2. The maximum atomic E-state index is 13.5. The predicted molar refractivity (Wildman–Crippen MR) is 74.9 cm³/mol. The van der Waals surface area contributed by atoms with Crippen LogP contribution in [0.1, 0.15) is 37.0 Å². The first-order valence-corrected chi connectivity index (χ1v) is 7.74. The molecule has 2 aromatic rings. The fraction of sp³-hybridized carbons (Fsp3) is 0.429. The van der Waals surface area contributed by atoms with Crippen LogP contribution < -0.4 is 5.32 Å². The van der Waals surface area contributed by atoms with E-state index in [-0.39, 0.29) is 11.9 Å². The number of aromatic nitrogens is 2. The molecular formula is C14H16FN3OS. The SMILES string of the molecule is Fc1ccccc1SCc1noc(C2CCCCN2)n1. The van der Waals surface area contributed by atoms with Crippen LogP contribution in [-0.2, 0) is 5.75 Å². The third-order valence-electron chi connectivity index (χ3n) is 3.29. The minimum atomic E-state index is -0.213. The minimum Gasteiger partial charge on any atom is -0.338 e. The summed E-state index contributed by atoms with van der Waals surface area (Å²) >= 11 is 1.38. The van der Waals surface area contributed by atoms with E-state index in [1.165, 1.54) is 30.7 Å². The van der Waals surface area contributed by atoms with E-state index in [4.69, 9.17) is 4.52 Å². The Morgan fingerprint density at radius 1 is 1.35 bits per heavy atom. The molecule has 0 radical (unpaired) electrons. The van der Waals surface area contributed by atoms with Crippen molar-refractivity contribution in [1.29, 1.82) is 0 Å². The van der Waals surface area contributed by atoms with Crippen molar-refractivity contribution < 1.29 is 8.91 Å². The molecule has 0 saturated carbocycles. The zero-order valence-corrected chi connectivity index (χ0v) is 11.8. The highest BCUT2D eigenvalue weighted by atomic mass is 32.2. The first kappa shape index (κ1) is 13.6. The van der Waals surface area contributed by atoms with Crippen molar-refractivity contribution in [2.75, 3.05) is 6.54 Å². The summed E-state index contributed by atoms with van der Waals surface area (Å²) in [5.41, 5.74) is 0. The molecule has 106 valence electrons. The summed E-state index contributed by atoms with van der Waals surface area (Å²) in [5, 5.41) is 7.34. The lowest BCUT2D eigenvalue weighted by Gasteiger charge is -2.19. The molecule has 1 aromatic heterocycles. The third-order valence-corrected chi connectivity index (χ3v) is 4.33. The molecule has 0 bridgehead atoms. The largest absolute Gasteiger partial charge is 0.338 e. The van der Waals surface area contributed by atoms with Crippen LogP contribution in [-0.4, -0.2) is 16.7 Å². The molecule has 20 heavy (non-hydrogen) atoms. The maximum absolute atomic E-state index is 13.5. The van der Waals surface area contributed by atoms with E-state index in [0.717, 1.165) is 13.0 Å². The smallest absolute Gasteiger partial charge is 0.243 e. The van der Waals surface area contributed by atoms with Crippen LogP contribution >= 0.6 is 11.8 Å². The molecular weight excluding hydrogens is 277 g/mol. The van der Waals surface area contributed by atoms with E-state index in [9.17, 15) is 4.39 Å². The topological polar surface area (TPSA) is 51.0 Å². The monoisotopic (exact) mass is 293 g/mol. The van der Waals surface area contributed by atoms with Crippen LogP contribution in [0.15, 0.2) is 33.7 Å². The van der Waals surface area contributed by atoms with E-state index in [1.807, 2.05) is 6.07 Å². The van der Waals surface area contributed by atoms with Crippen molar-refractivity contribution >= 4 is 11.8 Å². The van der Waals surface area contributed by atoms with Crippen molar-refractivity contribution in [3.8, 4) is 0 Å². The Morgan fingerprint density at radius 3 is 3.05 bits per heavy atom. The summed E-state index contributed by atoms with van der Waals surface area (Å²) in [6.07, 6.45) is 3.40. The lowest BCUT2D eigenvalue weighted by atomic mass is 10.1. The Balaban J connectivity index is 1.61. The molecule has 6 heteroatoms. The quantitative estimate of drug-likeness (QED) is 0.876. The van der Waals surface area contributed by atoms with Gasteiger partial charge < -0.3 is 9.84 Å². The Morgan fingerprint density at radius 2 is 2.25 bits per heavy atom. The lowest BCUT2D eigenvalue weighted by molar-refractivity contribution is 0.296. The van der Waals surface area contributed by atoms with Gasteiger partial charge in [0.1, 0.15) is 5.82 Å². The van der Waals surface area contributed by atoms with Crippen LogP contribution in [0.4, 0.5) is 4.39 Å². The number of benzene rings is 1. The van der Waals surface area contributed by atoms with E-state index < -0.39 is 0 Å². The van der Waals surface area contributed by atoms with Crippen molar-refractivity contribution in [3.05, 3.63) is 41.8 Å². The highest BCUT2D eigenvalue weighted by Gasteiger charge is 2.20. The second-order valence-electron chi connectivity index (χ2n) is 4.77. The molecule has 1 aromatic carbocycles. The van der Waals surface area contributed by atoms with Gasteiger partial charge in [-0.2, -0.15) is 4.98 Å². The normalized spacial score (nSPS) is 19.1. The third kappa shape index (κ3) is 3.19. The summed E-state index contributed by atoms with van der Waals surface area (Å²) in [4.78, 5) is 5.00. The summed E-state index contributed by atoms with van der Waals surface area (Å²) in [5.74, 6) is 1.56. The van der Waals surface area contributed by atoms with Crippen molar-refractivity contribution in [2.24, 2.45) is 0 Å². The molecule has 1 saturated heterocycles. The molecule has 1 aliphatic heterocycles. The average molecular weight is 293 g/mol. The van der Waals surface area contributed by atoms with Gasteiger partial charge in [-0.3, -0.25) is 0 Å². The summed E-state index contributed by atoms with van der Waals surface area (Å²) in [6, 6.07) is 6.88. The van der Waals surface area contributed by atoms with E-state index in [2.05, 4.69) is 15.5 Å². The Hall–Kier alpha value is -1.40. The molecule has 1 unspecified atom stereocenters. The van der Waals surface area contributed by atoms with Gasteiger partial charge >= 0.3 is 0 Å². The summed E-state index contributed by atoms with van der Waals surface area (Å²) < 4.78 is 18.8. The fourth-order valence-electron chi connectivity index (χ4n) is 2.23. The number of thioether (sulfide) groups is 1. The Bertz CT molecular complexity index is 569. The second kappa shape index (κ2) is 6.37. The van der Waals surface area contributed by atoms with Gasteiger partial charge in [0.2, 0.25) is 5.89 Å². The van der Waals surface area contributed by atoms with Crippen LogP contribution in [0.25, 0.3) is 0 Å². The Kier molecular flexibility index (Phi) is 4.32. The first-order valence-electron chi connectivity index (χ1n) is 6.76. The first-order chi connectivity index (χ1) is 9.83. The Labute approximate surface area is 121 Å². The van der Waals surface area contributed by atoms with Crippen LogP contribution in [0.3, 0.4) is 0 Å². The van der Waals surface area contributed by atoms with Crippen molar-refractivity contribution in [2.45, 2.75) is 36.0 Å². The predicted octanol–water partition coefficient (Wildman–Crippen LogP) is 3.32. The van der Waals surface area contributed by atoms with Crippen LogP contribution in [0.5, 0.6) is 0 Å². The number of halogens is 1. The molecule has 0 spiro atoms. The highest BCUT2D eigenvalue weighted by Crippen LogP contribution is 2.26. The van der Waals surface area contributed by atoms with Gasteiger partial charge in [-0.15, -0.1) is 11.8 Å². The molecule has 1 fully saturated rings. The molecule has 1 aliphatic rings. The highest BCUT2D eigenvalue weighted by molar-refractivity contribution is 7.98. The second-order valence-corrected chi connectivity index (χ2v) is 5.79. The number of rotatable bonds is 4. The number of hydrogen-bond acceptors (Lipinski definition) is 5. The van der Waals surface area contributed by atoms with E-state index >= 15 is 0 Å². The van der Waals surface area contributed by atoms with E-state index in [1.54, 1.807) is 12.1 Å². The summed E-state index contributed by atoms with van der Waals surface area (Å²) in [6.45, 7) is 0.992. The zero-order chi connectivity index (χ0) is 13.8. The van der Waals surface area contributed by atoms with Crippen molar-refractivity contribution in [3.63, 3.8) is 0 Å². The number of hydrogen-bond donors (Lipinski definition) is 1. The summed E-state index contributed by atoms with van der Waals surface area (Å²) in [7, 11) is 0. The average Bonchev–Trinajstić information content (AvgIpc) is 2.96. The molecule has 3 rings (SSSR count). The van der Waals surface area contributed by atoms with Gasteiger partial charge in [-0.25, -0.2) is 4.39 Å². The fourth-order valence-corrected chi connectivity index (χ4v) is 3.02. The van der Waals surface area contributed by atoms with E-state index in [0.29, 0.717) is 22.4 Å². The standard InChI is InChI=1S/C14H16FN3OS/c15-10-5-1-2-7-12(10)20-9-13-17-14(19-18-13)11-6-3-4-8-16-11/h1-2,5,7,11,16H,3-4,6,8-9H2. The lowest BCUT2D eigenvalue weighted by Crippen LogP contribution is -2.26. The molecule has 4 nitrogen and oxygen atoms in total. The number of piperidine rings is 1. The molecule has 1 atom stereocenters. The van der Waals surface area contributed by atoms with Crippen LogP contribution in [0.2, 0.25) is 0 Å². The van der Waals surface area contributed by atoms with Gasteiger partial charge in [-0.1, -0.05) is 23.7 Å². The molecule has 0 aliphatic carbocycles. The molecule has 0 amide bonds. The van der Waals surface area contributed by atoms with Gasteiger partial charge in [0.25, 0.3) is 0 Å².